The molecule has 1 N–H and O–H groups in total. The van der Waals surface area contributed by atoms with Gasteiger partial charge in [0.25, 0.3) is 0 Å². The predicted octanol–water partition coefficient (Wildman–Crippen LogP) is 3.53. The molecule has 0 saturated carbocycles. The minimum absolute atomic E-state index is 0.0473. The fourth-order valence-electron chi connectivity index (χ4n) is 4.52. The summed E-state index contributed by atoms with van der Waals surface area (Å²) in [6.07, 6.45) is 3.08. The van der Waals surface area contributed by atoms with Crippen molar-refractivity contribution < 1.29 is 17.9 Å². The Labute approximate surface area is 200 Å². The lowest BCUT2D eigenvalue weighted by Crippen LogP contribution is -2.50. The quantitative estimate of drug-likeness (QED) is 0.668. The molecule has 7 nitrogen and oxygen atoms in total. The Morgan fingerprint density at radius 1 is 1.00 bits per heavy atom. The van der Waals surface area contributed by atoms with Gasteiger partial charge in [0.1, 0.15) is 5.75 Å². The summed E-state index contributed by atoms with van der Waals surface area (Å²) in [4.78, 5) is 15.5. The first-order valence-corrected chi connectivity index (χ1v) is 13.1. The molecule has 1 atom stereocenters. The third-order valence-corrected chi connectivity index (χ3v) is 8.62. The summed E-state index contributed by atoms with van der Waals surface area (Å²) in [5.41, 5.74) is 1.15. The van der Waals surface area contributed by atoms with Crippen molar-refractivity contribution in [2.75, 3.05) is 38.2 Å². The third-order valence-electron chi connectivity index (χ3n) is 6.49. The lowest BCUT2D eigenvalue weighted by molar-refractivity contribution is -0.126. The largest absolute Gasteiger partial charge is 0.497 e. The van der Waals surface area contributed by atoms with Gasteiger partial charge in [0, 0.05) is 42.9 Å². The molecule has 0 bridgehead atoms. The molecule has 0 aromatic heterocycles. The summed E-state index contributed by atoms with van der Waals surface area (Å²) in [7, 11) is -1.99. The molecule has 2 heterocycles. The average Bonchev–Trinajstić information content (AvgIpc) is 2.85. The fourth-order valence-corrected chi connectivity index (χ4v) is 6.17. The molecular formula is C24H30ClN3O4S. The van der Waals surface area contributed by atoms with Crippen LogP contribution in [0.15, 0.2) is 53.4 Å². The van der Waals surface area contributed by atoms with E-state index in [1.54, 1.807) is 19.2 Å². The molecule has 2 aliphatic heterocycles. The van der Waals surface area contributed by atoms with E-state index in [9.17, 15) is 13.2 Å². The van der Waals surface area contributed by atoms with Crippen molar-refractivity contribution in [1.82, 2.24) is 9.62 Å². The third kappa shape index (κ3) is 5.62. The second-order valence-electron chi connectivity index (χ2n) is 8.62. The second-order valence-corrected chi connectivity index (χ2v) is 11.0. The van der Waals surface area contributed by atoms with Crippen LogP contribution in [0.3, 0.4) is 0 Å². The van der Waals surface area contributed by atoms with E-state index in [0.29, 0.717) is 24.4 Å². The number of rotatable bonds is 6. The zero-order chi connectivity index (χ0) is 23.4. The molecule has 0 aliphatic carbocycles. The van der Waals surface area contributed by atoms with Crippen LogP contribution in [-0.2, 0) is 14.8 Å². The first-order chi connectivity index (χ1) is 15.9. The maximum atomic E-state index is 13.0. The van der Waals surface area contributed by atoms with E-state index in [2.05, 4.69) is 22.3 Å². The van der Waals surface area contributed by atoms with E-state index in [4.69, 9.17) is 16.3 Å². The predicted molar refractivity (Wildman–Crippen MR) is 129 cm³/mol. The van der Waals surface area contributed by atoms with E-state index in [0.717, 1.165) is 37.4 Å². The highest BCUT2D eigenvalue weighted by molar-refractivity contribution is 7.89. The van der Waals surface area contributed by atoms with Crippen LogP contribution >= 0.6 is 11.6 Å². The molecule has 178 valence electrons. The minimum atomic E-state index is -3.64. The van der Waals surface area contributed by atoms with Crippen molar-refractivity contribution in [1.29, 1.82) is 0 Å². The number of carbonyl (C=O) groups excluding carboxylic acids is 1. The molecule has 2 aliphatic rings. The van der Waals surface area contributed by atoms with Crippen LogP contribution in [0.4, 0.5) is 5.69 Å². The van der Waals surface area contributed by atoms with Gasteiger partial charge in [-0.15, -0.1) is 0 Å². The fraction of sp³-hybridized carbons (Fsp3) is 0.458. The maximum absolute atomic E-state index is 13.0. The molecule has 0 spiro atoms. The average molecular weight is 492 g/mol. The monoisotopic (exact) mass is 491 g/mol. The van der Waals surface area contributed by atoms with Crippen LogP contribution in [0.25, 0.3) is 0 Å². The molecule has 2 saturated heterocycles. The van der Waals surface area contributed by atoms with E-state index in [1.165, 1.54) is 16.4 Å². The number of hydrogen-bond acceptors (Lipinski definition) is 5. The molecule has 1 unspecified atom stereocenters. The van der Waals surface area contributed by atoms with Crippen molar-refractivity contribution in [3.05, 3.63) is 53.6 Å². The molecule has 4 rings (SSSR count). The van der Waals surface area contributed by atoms with Crippen molar-refractivity contribution in [3.8, 4) is 5.75 Å². The number of sulfonamides is 1. The Balaban J connectivity index is 1.31. The number of nitrogens with one attached hydrogen (secondary N) is 1. The van der Waals surface area contributed by atoms with E-state index < -0.39 is 10.0 Å². The maximum Gasteiger partial charge on any atom is 0.243 e. The van der Waals surface area contributed by atoms with E-state index >= 15 is 0 Å². The van der Waals surface area contributed by atoms with Crippen LogP contribution in [0.1, 0.15) is 25.7 Å². The smallest absolute Gasteiger partial charge is 0.243 e. The summed E-state index contributed by atoms with van der Waals surface area (Å²) < 4.78 is 32.7. The molecule has 9 heteroatoms. The zero-order valence-electron chi connectivity index (χ0n) is 18.7. The Morgan fingerprint density at radius 2 is 1.67 bits per heavy atom. The van der Waals surface area contributed by atoms with E-state index in [-0.39, 0.29) is 29.3 Å². The topological polar surface area (TPSA) is 79.0 Å². The van der Waals surface area contributed by atoms with Gasteiger partial charge in [-0.1, -0.05) is 11.6 Å². The molecule has 2 fully saturated rings. The molecule has 1 amide bonds. The number of anilines is 1. The first kappa shape index (κ1) is 23.9. The van der Waals surface area contributed by atoms with Crippen molar-refractivity contribution in [3.63, 3.8) is 0 Å². The number of amides is 1. The normalized spacial score (nSPS) is 20.4. The highest BCUT2D eigenvalue weighted by atomic mass is 35.5. The Kier molecular flexibility index (Phi) is 7.46. The summed E-state index contributed by atoms with van der Waals surface area (Å²) in [6.45, 7) is 2.36. The standard InChI is InChI=1S/C24H30ClN3O4S/c1-32-22-8-6-21(7-9-22)27-15-12-20(13-16-27)26-24(29)18-3-2-14-28(17-18)33(30,31)23-10-4-19(25)5-11-23/h4-11,18,20H,2-3,12-17H2,1H3,(H,26,29). The van der Waals surface area contributed by atoms with Crippen LogP contribution in [0.5, 0.6) is 5.75 Å². The summed E-state index contributed by atoms with van der Waals surface area (Å²) in [6, 6.07) is 14.3. The van der Waals surface area contributed by atoms with Gasteiger partial charge in [0.05, 0.1) is 17.9 Å². The number of halogens is 1. The number of carbonyl (C=O) groups is 1. The van der Waals surface area contributed by atoms with Crippen molar-refractivity contribution >= 4 is 33.2 Å². The number of nitrogens with zero attached hydrogens (tertiary/aromatic N) is 2. The lowest BCUT2D eigenvalue weighted by Gasteiger charge is -2.36. The van der Waals surface area contributed by atoms with Gasteiger partial charge in [-0.2, -0.15) is 4.31 Å². The van der Waals surface area contributed by atoms with Gasteiger partial charge in [-0.3, -0.25) is 4.79 Å². The van der Waals surface area contributed by atoms with Gasteiger partial charge in [0.2, 0.25) is 15.9 Å². The van der Waals surface area contributed by atoms with Gasteiger partial charge >= 0.3 is 0 Å². The number of methoxy groups -OCH3 is 1. The summed E-state index contributed by atoms with van der Waals surface area (Å²) in [5.74, 6) is 0.454. The highest BCUT2D eigenvalue weighted by Gasteiger charge is 2.34. The lowest BCUT2D eigenvalue weighted by atomic mass is 9.97. The first-order valence-electron chi connectivity index (χ1n) is 11.3. The number of ether oxygens (including phenoxy) is 1. The highest BCUT2D eigenvalue weighted by Crippen LogP contribution is 2.26. The van der Waals surface area contributed by atoms with Gasteiger partial charge < -0.3 is 15.0 Å². The SMILES string of the molecule is COc1ccc(N2CCC(NC(=O)C3CCCN(S(=O)(=O)c4ccc(Cl)cc4)C3)CC2)cc1. The van der Waals surface area contributed by atoms with Gasteiger partial charge in [-0.25, -0.2) is 8.42 Å². The van der Waals surface area contributed by atoms with E-state index in [1.807, 2.05) is 12.1 Å². The van der Waals surface area contributed by atoms with Crippen molar-refractivity contribution in [2.24, 2.45) is 5.92 Å². The number of piperidine rings is 2. The Hall–Kier alpha value is -2.29. The van der Waals surface area contributed by atoms with Crippen LogP contribution in [0, 0.1) is 5.92 Å². The molecule has 2 aromatic rings. The second kappa shape index (κ2) is 10.3. The number of benzene rings is 2. The Morgan fingerprint density at radius 3 is 2.30 bits per heavy atom. The minimum Gasteiger partial charge on any atom is -0.497 e. The molecule has 0 radical (unpaired) electrons. The summed E-state index contributed by atoms with van der Waals surface area (Å²) in [5, 5.41) is 3.66. The van der Waals surface area contributed by atoms with Crippen LogP contribution in [-0.4, -0.2) is 58.0 Å². The molecular weight excluding hydrogens is 462 g/mol. The van der Waals surface area contributed by atoms with Gasteiger partial charge in [0.15, 0.2) is 0 Å². The number of hydrogen-bond donors (Lipinski definition) is 1. The molecule has 2 aromatic carbocycles. The van der Waals surface area contributed by atoms with Crippen LogP contribution < -0.4 is 15.0 Å². The summed E-state index contributed by atoms with van der Waals surface area (Å²) >= 11 is 5.89. The molecule has 33 heavy (non-hydrogen) atoms. The zero-order valence-corrected chi connectivity index (χ0v) is 20.3. The van der Waals surface area contributed by atoms with Gasteiger partial charge in [-0.05, 0) is 74.2 Å². The Bertz CT molecular complexity index is 1050. The van der Waals surface area contributed by atoms with Crippen LogP contribution in [0.2, 0.25) is 5.02 Å². The van der Waals surface area contributed by atoms with Crippen molar-refractivity contribution in [2.45, 2.75) is 36.6 Å².